The first kappa shape index (κ1) is 15.3. The van der Waals surface area contributed by atoms with Crippen LogP contribution in [0.5, 0.6) is 0 Å². The molecular weight excluding hydrogens is 246 g/mol. The van der Waals surface area contributed by atoms with Gasteiger partial charge >= 0.3 is 0 Å². The zero-order chi connectivity index (χ0) is 14.7. The van der Waals surface area contributed by atoms with Crippen LogP contribution in [0, 0.1) is 5.92 Å². The highest BCUT2D eigenvalue weighted by Crippen LogP contribution is 2.30. The van der Waals surface area contributed by atoms with Crippen LogP contribution in [0.3, 0.4) is 0 Å². The molecule has 0 saturated carbocycles. The second-order valence-corrected chi connectivity index (χ2v) is 6.26. The molecule has 0 amide bonds. The average Bonchev–Trinajstić information content (AvgIpc) is 2.80. The molecule has 112 valence electrons. The summed E-state index contributed by atoms with van der Waals surface area (Å²) in [6, 6.07) is 7.21. The van der Waals surface area contributed by atoms with E-state index in [0.717, 1.165) is 25.4 Å². The average molecular weight is 275 g/mol. The molecule has 0 saturated heterocycles. The predicted molar refractivity (Wildman–Crippen MR) is 87.3 cm³/mol. The van der Waals surface area contributed by atoms with Crippen LogP contribution in [0.4, 0.5) is 5.69 Å². The number of hydrogen-bond acceptors (Lipinski definition) is 3. The van der Waals surface area contributed by atoms with Gasteiger partial charge in [0.15, 0.2) is 0 Å². The quantitative estimate of drug-likeness (QED) is 0.866. The first-order chi connectivity index (χ1) is 9.56. The van der Waals surface area contributed by atoms with Gasteiger partial charge in [0, 0.05) is 38.4 Å². The summed E-state index contributed by atoms with van der Waals surface area (Å²) in [7, 11) is 4.37. The summed E-state index contributed by atoms with van der Waals surface area (Å²) in [6.07, 6.45) is 2.38. The van der Waals surface area contributed by atoms with E-state index < -0.39 is 0 Å². The van der Waals surface area contributed by atoms with E-state index in [-0.39, 0.29) is 0 Å². The Morgan fingerprint density at radius 2 is 2.15 bits per heavy atom. The van der Waals surface area contributed by atoms with Gasteiger partial charge in [0.2, 0.25) is 0 Å². The van der Waals surface area contributed by atoms with Gasteiger partial charge in [-0.05, 0) is 36.6 Å². The van der Waals surface area contributed by atoms with Crippen LogP contribution in [-0.2, 0) is 6.42 Å². The van der Waals surface area contributed by atoms with E-state index in [0.29, 0.717) is 12.6 Å². The summed E-state index contributed by atoms with van der Waals surface area (Å²) in [6.45, 7) is 7.48. The van der Waals surface area contributed by atoms with Gasteiger partial charge in [0.25, 0.3) is 0 Å². The number of likely N-dealkylation sites (N-methyl/N-ethyl adjacent to an activating group) is 2. The van der Waals surface area contributed by atoms with Crippen LogP contribution in [-0.4, -0.2) is 38.6 Å². The van der Waals surface area contributed by atoms with Crippen molar-refractivity contribution in [1.82, 2.24) is 4.90 Å². The molecule has 3 nitrogen and oxygen atoms in total. The highest BCUT2D eigenvalue weighted by atomic mass is 15.1. The van der Waals surface area contributed by atoms with E-state index in [1.807, 2.05) is 0 Å². The predicted octanol–water partition coefficient (Wildman–Crippen LogP) is 2.66. The highest BCUT2D eigenvalue weighted by Gasteiger charge is 2.21. The second kappa shape index (κ2) is 6.59. The Kier molecular flexibility index (Phi) is 5.06. The van der Waals surface area contributed by atoms with Crippen molar-refractivity contribution in [3.05, 3.63) is 29.3 Å². The lowest BCUT2D eigenvalue weighted by molar-refractivity contribution is 0.215. The number of benzene rings is 1. The number of anilines is 1. The third kappa shape index (κ3) is 3.15. The van der Waals surface area contributed by atoms with Gasteiger partial charge in [-0.3, -0.25) is 4.90 Å². The number of fused-ring (bicyclic) bond motifs is 1. The summed E-state index contributed by atoms with van der Waals surface area (Å²) < 4.78 is 0. The van der Waals surface area contributed by atoms with Gasteiger partial charge in [-0.25, -0.2) is 0 Å². The summed E-state index contributed by atoms with van der Waals surface area (Å²) >= 11 is 0. The fraction of sp³-hybridized carbons (Fsp3) is 0.647. The third-order valence-corrected chi connectivity index (χ3v) is 4.67. The molecule has 1 heterocycles. The smallest absolute Gasteiger partial charge is 0.0467 e. The topological polar surface area (TPSA) is 32.5 Å². The van der Waals surface area contributed by atoms with Crippen LogP contribution >= 0.6 is 0 Å². The molecule has 2 unspecified atom stereocenters. The lowest BCUT2D eigenvalue weighted by Crippen LogP contribution is -2.33. The molecule has 0 radical (unpaired) electrons. The number of nitrogens with two attached hydrogens (primary N) is 1. The van der Waals surface area contributed by atoms with Crippen molar-refractivity contribution in [1.29, 1.82) is 0 Å². The zero-order valence-corrected chi connectivity index (χ0v) is 13.4. The third-order valence-electron chi connectivity index (χ3n) is 4.67. The van der Waals surface area contributed by atoms with Gasteiger partial charge in [-0.2, -0.15) is 0 Å². The lowest BCUT2D eigenvalue weighted by atomic mass is 10.00. The Morgan fingerprint density at radius 1 is 1.40 bits per heavy atom. The van der Waals surface area contributed by atoms with Crippen molar-refractivity contribution in [2.75, 3.05) is 38.6 Å². The minimum atomic E-state index is 0.334. The first-order valence-electron chi connectivity index (χ1n) is 7.81. The summed E-state index contributed by atoms with van der Waals surface area (Å²) in [5.74, 6) is 0.717. The molecule has 0 aromatic heterocycles. The summed E-state index contributed by atoms with van der Waals surface area (Å²) in [5.41, 5.74) is 10.3. The number of nitrogens with zero attached hydrogens (tertiary/aromatic N) is 2. The highest BCUT2D eigenvalue weighted by molar-refractivity contribution is 5.58. The van der Waals surface area contributed by atoms with Crippen LogP contribution in [0.1, 0.15) is 37.4 Å². The molecule has 2 N–H and O–H groups in total. The van der Waals surface area contributed by atoms with Crippen LogP contribution in [0.2, 0.25) is 0 Å². The fourth-order valence-corrected chi connectivity index (χ4v) is 3.11. The van der Waals surface area contributed by atoms with E-state index in [2.05, 4.69) is 55.9 Å². The molecule has 0 aliphatic carbocycles. The normalized spacial score (nSPS) is 17.4. The van der Waals surface area contributed by atoms with E-state index >= 15 is 0 Å². The Bertz CT molecular complexity index is 444. The Balaban J connectivity index is 2.15. The van der Waals surface area contributed by atoms with Gasteiger partial charge in [0.1, 0.15) is 0 Å². The van der Waals surface area contributed by atoms with Gasteiger partial charge < -0.3 is 10.6 Å². The molecule has 0 fully saturated rings. The molecule has 2 rings (SSSR count). The number of rotatable bonds is 6. The van der Waals surface area contributed by atoms with Crippen molar-refractivity contribution in [2.24, 2.45) is 11.7 Å². The van der Waals surface area contributed by atoms with E-state index in [1.165, 1.54) is 23.2 Å². The van der Waals surface area contributed by atoms with Crippen molar-refractivity contribution in [2.45, 2.75) is 32.7 Å². The van der Waals surface area contributed by atoms with Crippen molar-refractivity contribution in [3.8, 4) is 0 Å². The maximum absolute atomic E-state index is 6.04. The lowest BCUT2D eigenvalue weighted by Gasteiger charge is -2.30. The Morgan fingerprint density at radius 3 is 2.80 bits per heavy atom. The maximum Gasteiger partial charge on any atom is 0.0467 e. The summed E-state index contributed by atoms with van der Waals surface area (Å²) in [5, 5.41) is 0. The van der Waals surface area contributed by atoms with Crippen molar-refractivity contribution in [3.63, 3.8) is 0 Å². The van der Waals surface area contributed by atoms with Crippen molar-refractivity contribution < 1.29 is 0 Å². The van der Waals surface area contributed by atoms with Crippen molar-refractivity contribution >= 4 is 5.69 Å². The molecule has 2 atom stereocenters. The summed E-state index contributed by atoms with van der Waals surface area (Å²) in [4.78, 5) is 4.74. The van der Waals surface area contributed by atoms with Gasteiger partial charge in [-0.1, -0.05) is 32.4 Å². The Labute approximate surface area is 123 Å². The van der Waals surface area contributed by atoms with Crippen LogP contribution < -0.4 is 10.6 Å². The molecule has 0 bridgehead atoms. The molecule has 20 heavy (non-hydrogen) atoms. The monoisotopic (exact) mass is 275 g/mol. The van der Waals surface area contributed by atoms with E-state index in [1.54, 1.807) is 0 Å². The Hall–Kier alpha value is -1.06. The molecule has 0 spiro atoms. The van der Waals surface area contributed by atoms with Crippen LogP contribution in [0.15, 0.2) is 18.2 Å². The molecule has 3 heteroatoms. The standard InChI is InChI=1S/C17H29N3/c1-5-13(2)12-20(4)17(11-18)14-6-7-16-15(10-14)8-9-19(16)3/h6-7,10,13,17H,5,8-9,11-12,18H2,1-4H3. The van der Waals surface area contributed by atoms with E-state index in [4.69, 9.17) is 5.73 Å². The second-order valence-electron chi connectivity index (χ2n) is 6.26. The molecule has 1 aliphatic heterocycles. The first-order valence-corrected chi connectivity index (χ1v) is 7.81. The molecule has 1 aromatic rings. The van der Waals surface area contributed by atoms with Gasteiger partial charge in [-0.15, -0.1) is 0 Å². The molecule has 1 aromatic carbocycles. The maximum atomic E-state index is 6.04. The number of hydrogen-bond donors (Lipinski definition) is 1. The van der Waals surface area contributed by atoms with Gasteiger partial charge in [0.05, 0.1) is 0 Å². The molecular formula is C17H29N3. The SMILES string of the molecule is CCC(C)CN(C)C(CN)c1ccc2c(c1)CCN2C. The van der Waals surface area contributed by atoms with Crippen LogP contribution in [0.25, 0.3) is 0 Å². The fourth-order valence-electron chi connectivity index (χ4n) is 3.11. The minimum absolute atomic E-state index is 0.334. The zero-order valence-electron chi connectivity index (χ0n) is 13.4. The minimum Gasteiger partial charge on any atom is -0.374 e. The molecule has 1 aliphatic rings. The largest absolute Gasteiger partial charge is 0.374 e. The van der Waals surface area contributed by atoms with E-state index in [9.17, 15) is 0 Å².